The van der Waals surface area contributed by atoms with E-state index in [1.807, 2.05) is 0 Å². The zero-order valence-corrected chi connectivity index (χ0v) is 9.54. The fraction of sp³-hybridized carbons (Fsp3) is 0.182. The summed E-state index contributed by atoms with van der Waals surface area (Å²) in [6.07, 6.45) is 0. The lowest BCUT2D eigenvalue weighted by Gasteiger charge is -2.04. The predicted octanol–water partition coefficient (Wildman–Crippen LogP) is 2.20. The van der Waals surface area contributed by atoms with Gasteiger partial charge < -0.3 is 0 Å². The van der Waals surface area contributed by atoms with Crippen molar-refractivity contribution in [3.05, 3.63) is 41.0 Å². The molecule has 2 rings (SSSR count). The van der Waals surface area contributed by atoms with Gasteiger partial charge in [-0.05, 0) is 6.92 Å². The summed E-state index contributed by atoms with van der Waals surface area (Å²) in [5.74, 6) is -4.53. The summed E-state index contributed by atoms with van der Waals surface area (Å²) < 4.78 is 40.0. The second-order valence-electron chi connectivity index (χ2n) is 3.71. The molecule has 0 unspecified atom stereocenters. The summed E-state index contributed by atoms with van der Waals surface area (Å²) in [4.78, 5) is 11.2. The van der Waals surface area contributed by atoms with E-state index in [4.69, 9.17) is 0 Å². The standard InChI is InChI=1S/C11H8F3N3O/c1-5-11(6(2)18)15-16-17(5)7-3-8(12)10(14)9(13)4-7/h3-4H,1-2H3. The van der Waals surface area contributed by atoms with Crippen molar-refractivity contribution >= 4 is 5.78 Å². The molecule has 0 saturated heterocycles. The molecule has 0 saturated carbocycles. The van der Waals surface area contributed by atoms with Gasteiger partial charge in [-0.25, -0.2) is 17.9 Å². The number of nitrogens with zero attached hydrogens (tertiary/aromatic N) is 3. The third-order valence-corrected chi connectivity index (χ3v) is 2.44. The van der Waals surface area contributed by atoms with Crippen LogP contribution in [0.5, 0.6) is 0 Å². The van der Waals surface area contributed by atoms with Gasteiger partial charge in [0.1, 0.15) is 0 Å². The van der Waals surface area contributed by atoms with Crippen molar-refractivity contribution in [1.82, 2.24) is 15.0 Å². The smallest absolute Gasteiger partial charge is 0.194 e. The van der Waals surface area contributed by atoms with Crippen LogP contribution in [0, 0.1) is 24.4 Å². The van der Waals surface area contributed by atoms with Crippen LogP contribution in [0.4, 0.5) is 13.2 Å². The Morgan fingerprint density at radius 2 is 1.78 bits per heavy atom. The van der Waals surface area contributed by atoms with Crippen LogP contribution < -0.4 is 0 Å². The van der Waals surface area contributed by atoms with Crippen LogP contribution in [0.15, 0.2) is 12.1 Å². The molecule has 7 heteroatoms. The van der Waals surface area contributed by atoms with Crippen LogP contribution in [0.25, 0.3) is 5.69 Å². The van der Waals surface area contributed by atoms with E-state index < -0.39 is 17.5 Å². The molecule has 0 amide bonds. The molecule has 1 heterocycles. The summed E-state index contributed by atoms with van der Waals surface area (Å²) in [6, 6.07) is 1.56. The molecule has 0 bridgehead atoms. The number of benzene rings is 1. The molecule has 4 nitrogen and oxygen atoms in total. The van der Waals surface area contributed by atoms with E-state index in [0.29, 0.717) is 5.69 Å². The van der Waals surface area contributed by atoms with Crippen LogP contribution in [0.1, 0.15) is 23.1 Å². The van der Waals surface area contributed by atoms with Crippen molar-refractivity contribution in [1.29, 1.82) is 0 Å². The fourth-order valence-corrected chi connectivity index (χ4v) is 1.56. The molecule has 1 aromatic heterocycles. The maximum absolute atomic E-state index is 13.1. The Kier molecular flexibility index (Phi) is 2.90. The van der Waals surface area contributed by atoms with Gasteiger partial charge in [0.2, 0.25) is 0 Å². The maximum atomic E-state index is 13.1. The molecular weight excluding hydrogens is 247 g/mol. The van der Waals surface area contributed by atoms with Crippen LogP contribution in [-0.4, -0.2) is 20.8 Å². The highest BCUT2D eigenvalue weighted by molar-refractivity contribution is 5.93. The first-order valence-corrected chi connectivity index (χ1v) is 5.00. The van der Waals surface area contributed by atoms with Crippen molar-refractivity contribution in [3.8, 4) is 5.69 Å². The summed E-state index contributed by atoms with van der Waals surface area (Å²) in [6.45, 7) is 2.82. The highest BCUT2D eigenvalue weighted by atomic mass is 19.2. The molecule has 2 aromatic rings. The highest BCUT2D eigenvalue weighted by Crippen LogP contribution is 2.18. The Bertz CT molecular complexity index is 613. The SMILES string of the molecule is CC(=O)c1nnn(-c2cc(F)c(F)c(F)c2)c1C. The van der Waals surface area contributed by atoms with Gasteiger partial charge >= 0.3 is 0 Å². The Morgan fingerprint density at radius 1 is 1.22 bits per heavy atom. The van der Waals surface area contributed by atoms with E-state index in [1.165, 1.54) is 13.8 Å². The summed E-state index contributed by atoms with van der Waals surface area (Å²) in [5, 5.41) is 7.21. The van der Waals surface area contributed by atoms with Crippen molar-refractivity contribution in [2.45, 2.75) is 13.8 Å². The number of halogens is 3. The first-order chi connectivity index (χ1) is 8.41. The van der Waals surface area contributed by atoms with Crippen LogP contribution in [0.2, 0.25) is 0 Å². The number of Topliss-reactive ketones (excluding diaryl/α,β-unsaturated/α-hetero) is 1. The van der Waals surface area contributed by atoms with E-state index in [-0.39, 0.29) is 17.2 Å². The molecule has 94 valence electrons. The summed E-state index contributed by atoms with van der Waals surface area (Å²) >= 11 is 0. The van der Waals surface area contributed by atoms with Crippen molar-refractivity contribution in [3.63, 3.8) is 0 Å². The third-order valence-electron chi connectivity index (χ3n) is 2.44. The van der Waals surface area contributed by atoms with E-state index >= 15 is 0 Å². The van der Waals surface area contributed by atoms with Gasteiger partial charge in [-0.3, -0.25) is 4.79 Å². The average molecular weight is 255 g/mol. The number of carbonyl (C=O) groups excluding carboxylic acids is 1. The quantitative estimate of drug-likeness (QED) is 0.610. The number of carbonyl (C=O) groups is 1. The van der Waals surface area contributed by atoms with Gasteiger partial charge in [0.25, 0.3) is 0 Å². The van der Waals surface area contributed by atoms with Crippen molar-refractivity contribution in [2.75, 3.05) is 0 Å². The second-order valence-corrected chi connectivity index (χ2v) is 3.71. The Balaban J connectivity index is 2.59. The van der Waals surface area contributed by atoms with Crippen molar-refractivity contribution < 1.29 is 18.0 Å². The highest BCUT2D eigenvalue weighted by Gasteiger charge is 2.17. The maximum Gasteiger partial charge on any atom is 0.194 e. The molecule has 0 aliphatic rings. The summed E-state index contributed by atoms with van der Waals surface area (Å²) in [7, 11) is 0. The molecule has 18 heavy (non-hydrogen) atoms. The van der Waals surface area contributed by atoms with Crippen molar-refractivity contribution in [2.24, 2.45) is 0 Å². The zero-order chi connectivity index (χ0) is 13.4. The Labute approximate surface area is 100 Å². The number of rotatable bonds is 2. The van der Waals surface area contributed by atoms with Crippen LogP contribution in [-0.2, 0) is 0 Å². The monoisotopic (exact) mass is 255 g/mol. The number of ketones is 1. The lowest BCUT2D eigenvalue weighted by molar-refractivity contribution is 0.101. The first-order valence-electron chi connectivity index (χ1n) is 5.00. The van der Waals surface area contributed by atoms with Gasteiger partial charge in [-0.2, -0.15) is 0 Å². The molecular formula is C11H8F3N3O. The van der Waals surface area contributed by atoms with Gasteiger partial charge in [0.15, 0.2) is 28.9 Å². The van der Waals surface area contributed by atoms with Gasteiger partial charge in [0, 0.05) is 19.1 Å². The molecule has 0 spiro atoms. The van der Waals surface area contributed by atoms with Crippen LogP contribution >= 0.6 is 0 Å². The minimum Gasteiger partial charge on any atom is -0.293 e. The first kappa shape index (κ1) is 12.3. The number of hydrogen-bond acceptors (Lipinski definition) is 3. The number of hydrogen-bond donors (Lipinski definition) is 0. The van der Waals surface area contributed by atoms with Gasteiger partial charge in [-0.1, -0.05) is 5.21 Å². The van der Waals surface area contributed by atoms with E-state index in [0.717, 1.165) is 16.8 Å². The average Bonchev–Trinajstić information content (AvgIpc) is 2.67. The van der Waals surface area contributed by atoms with Gasteiger partial charge in [-0.15, -0.1) is 5.10 Å². The van der Waals surface area contributed by atoms with E-state index in [9.17, 15) is 18.0 Å². The Hall–Kier alpha value is -2.18. The fourth-order valence-electron chi connectivity index (χ4n) is 1.56. The lowest BCUT2D eigenvalue weighted by atomic mass is 10.2. The minimum absolute atomic E-state index is 0.0381. The molecule has 0 radical (unpaired) electrons. The topological polar surface area (TPSA) is 47.8 Å². The minimum atomic E-state index is -1.55. The van der Waals surface area contributed by atoms with E-state index in [2.05, 4.69) is 10.3 Å². The molecule has 0 fully saturated rings. The molecule has 0 aliphatic heterocycles. The normalized spacial score (nSPS) is 10.7. The summed E-state index contributed by atoms with van der Waals surface area (Å²) in [5.41, 5.74) is 0.386. The molecule has 1 aromatic carbocycles. The van der Waals surface area contributed by atoms with E-state index in [1.54, 1.807) is 0 Å². The zero-order valence-electron chi connectivity index (χ0n) is 9.54. The molecule has 0 aliphatic carbocycles. The largest absolute Gasteiger partial charge is 0.293 e. The second kappa shape index (κ2) is 4.25. The Morgan fingerprint density at radius 3 is 2.22 bits per heavy atom. The van der Waals surface area contributed by atoms with Crippen LogP contribution in [0.3, 0.4) is 0 Å². The molecule has 0 N–H and O–H groups in total. The van der Waals surface area contributed by atoms with Gasteiger partial charge in [0.05, 0.1) is 11.4 Å². The molecule has 0 atom stereocenters. The lowest BCUT2D eigenvalue weighted by Crippen LogP contribution is -2.03. The third kappa shape index (κ3) is 1.87. The predicted molar refractivity (Wildman–Crippen MR) is 56.0 cm³/mol. The number of aromatic nitrogens is 3.